The number of benzene rings is 1. The van der Waals surface area contributed by atoms with Crippen molar-refractivity contribution in [2.75, 3.05) is 17.7 Å². The fraction of sp³-hybridized carbons (Fsp3) is 0.300. The smallest absolute Gasteiger partial charge is 0.267 e. The average Bonchev–Trinajstić information content (AvgIpc) is 2.92. The van der Waals surface area contributed by atoms with Crippen molar-refractivity contribution < 1.29 is 9.53 Å². The number of aryl methyl sites for hydroxylation is 2. The average molecular weight is 369 g/mol. The van der Waals surface area contributed by atoms with Gasteiger partial charge in [0.2, 0.25) is 0 Å². The Morgan fingerprint density at radius 2 is 2.12 bits per heavy atom. The quantitative estimate of drug-likeness (QED) is 0.604. The first-order chi connectivity index (χ1) is 12.5. The van der Waals surface area contributed by atoms with Gasteiger partial charge in [0.1, 0.15) is 15.5 Å². The van der Waals surface area contributed by atoms with Gasteiger partial charge in [-0.05, 0) is 44.0 Å². The first-order valence-electron chi connectivity index (χ1n) is 8.70. The lowest BCUT2D eigenvalue weighted by Gasteiger charge is -2.08. The molecule has 0 unspecified atom stereocenters. The molecule has 3 N–H and O–H groups in total. The van der Waals surface area contributed by atoms with Crippen LogP contribution in [0.1, 0.15) is 40.7 Å². The molecule has 0 fully saturated rings. The summed E-state index contributed by atoms with van der Waals surface area (Å²) in [6, 6.07) is 9.38. The first-order valence-corrected chi connectivity index (χ1v) is 9.51. The number of carbonyl (C=O) groups is 1. The van der Waals surface area contributed by atoms with Gasteiger partial charge in [-0.2, -0.15) is 0 Å². The normalized spacial score (nSPS) is 10.9. The molecule has 0 aliphatic heterocycles. The number of nitrogens with two attached hydrogens (primary N) is 1. The topological polar surface area (TPSA) is 77.2 Å². The summed E-state index contributed by atoms with van der Waals surface area (Å²) in [6.45, 7) is 6.71. The molecule has 0 spiro atoms. The van der Waals surface area contributed by atoms with E-state index in [9.17, 15) is 4.79 Å². The van der Waals surface area contributed by atoms with Gasteiger partial charge in [-0.3, -0.25) is 4.79 Å². The van der Waals surface area contributed by atoms with Gasteiger partial charge in [0.05, 0.1) is 12.3 Å². The number of nitrogens with one attached hydrogen (secondary N) is 1. The van der Waals surface area contributed by atoms with Crippen molar-refractivity contribution in [1.82, 2.24) is 4.98 Å². The Hall–Kier alpha value is -2.60. The van der Waals surface area contributed by atoms with Crippen LogP contribution in [0, 0.1) is 13.8 Å². The molecule has 5 nitrogen and oxygen atoms in total. The van der Waals surface area contributed by atoms with Crippen LogP contribution in [0.15, 0.2) is 30.3 Å². The molecule has 3 aromatic rings. The van der Waals surface area contributed by atoms with Crippen LogP contribution in [0.2, 0.25) is 0 Å². The van der Waals surface area contributed by atoms with Crippen LogP contribution >= 0.6 is 11.3 Å². The van der Waals surface area contributed by atoms with E-state index < -0.39 is 0 Å². The van der Waals surface area contributed by atoms with E-state index in [0.29, 0.717) is 22.9 Å². The van der Waals surface area contributed by atoms with Crippen LogP contribution in [-0.2, 0) is 0 Å². The summed E-state index contributed by atoms with van der Waals surface area (Å²) in [5, 5.41) is 3.77. The highest BCUT2D eigenvalue weighted by molar-refractivity contribution is 7.21. The Bertz CT molecular complexity index is 950. The second kappa shape index (κ2) is 7.74. The predicted molar refractivity (Wildman–Crippen MR) is 108 cm³/mol. The van der Waals surface area contributed by atoms with E-state index in [1.807, 2.05) is 44.2 Å². The molecule has 0 radical (unpaired) electrons. The molecule has 1 aromatic carbocycles. The third-order valence-electron chi connectivity index (χ3n) is 4.09. The van der Waals surface area contributed by atoms with E-state index in [4.69, 9.17) is 10.5 Å². The minimum Gasteiger partial charge on any atom is -0.494 e. The van der Waals surface area contributed by atoms with E-state index in [1.165, 1.54) is 11.3 Å². The van der Waals surface area contributed by atoms with E-state index >= 15 is 0 Å². The number of anilines is 2. The third-order valence-corrected chi connectivity index (χ3v) is 5.19. The maximum Gasteiger partial charge on any atom is 0.267 e. The summed E-state index contributed by atoms with van der Waals surface area (Å²) in [7, 11) is 0. The van der Waals surface area contributed by atoms with Crippen LogP contribution in [0.3, 0.4) is 0 Å². The molecular formula is C20H23N3O2S. The number of ether oxygens (including phenoxy) is 1. The van der Waals surface area contributed by atoms with Gasteiger partial charge >= 0.3 is 0 Å². The lowest BCUT2D eigenvalue weighted by atomic mass is 10.1. The molecule has 0 aliphatic rings. The van der Waals surface area contributed by atoms with Crippen molar-refractivity contribution in [3.63, 3.8) is 0 Å². The molecule has 2 heterocycles. The molecule has 3 rings (SSSR count). The Balaban J connectivity index is 1.82. The van der Waals surface area contributed by atoms with Crippen LogP contribution in [-0.4, -0.2) is 17.5 Å². The SMILES string of the molecule is CCCCOc1cccc(NC(=O)c2sc3nc(C)cc(C)c3c2N)c1. The number of aromatic nitrogens is 1. The second-order valence-electron chi connectivity index (χ2n) is 6.29. The second-order valence-corrected chi connectivity index (χ2v) is 7.29. The number of rotatable bonds is 6. The van der Waals surface area contributed by atoms with Crippen molar-refractivity contribution in [1.29, 1.82) is 0 Å². The molecule has 26 heavy (non-hydrogen) atoms. The Kier molecular flexibility index (Phi) is 5.42. The number of pyridine rings is 1. The highest BCUT2D eigenvalue weighted by Gasteiger charge is 2.19. The summed E-state index contributed by atoms with van der Waals surface area (Å²) in [5.74, 6) is 0.516. The van der Waals surface area contributed by atoms with E-state index in [-0.39, 0.29) is 5.91 Å². The molecule has 0 aliphatic carbocycles. The van der Waals surface area contributed by atoms with E-state index in [1.54, 1.807) is 0 Å². The fourth-order valence-electron chi connectivity index (χ4n) is 2.82. The molecule has 136 valence electrons. The van der Waals surface area contributed by atoms with Crippen LogP contribution in [0.25, 0.3) is 10.2 Å². The molecule has 1 amide bonds. The minimum atomic E-state index is -0.228. The van der Waals surface area contributed by atoms with Crippen molar-refractivity contribution >= 4 is 38.8 Å². The molecule has 0 bridgehead atoms. The maximum absolute atomic E-state index is 12.7. The Morgan fingerprint density at radius 3 is 2.88 bits per heavy atom. The number of hydrogen-bond acceptors (Lipinski definition) is 5. The van der Waals surface area contributed by atoms with Gasteiger partial charge in [-0.15, -0.1) is 11.3 Å². The minimum absolute atomic E-state index is 0.228. The molecule has 6 heteroatoms. The molecule has 0 atom stereocenters. The van der Waals surface area contributed by atoms with Gasteiger partial charge in [0.25, 0.3) is 5.91 Å². The highest BCUT2D eigenvalue weighted by Crippen LogP contribution is 2.35. The zero-order chi connectivity index (χ0) is 18.7. The molecule has 2 aromatic heterocycles. The van der Waals surface area contributed by atoms with Crippen LogP contribution in [0.5, 0.6) is 5.75 Å². The summed E-state index contributed by atoms with van der Waals surface area (Å²) in [5.41, 5.74) is 9.36. The zero-order valence-corrected chi connectivity index (χ0v) is 16.1. The van der Waals surface area contributed by atoms with E-state index in [2.05, 4.69) is 17.2 Å². The number of hydrogen-bond donors (Lipinski definition) is 2. The van der Waals surface area contributed by atoms with Crippen LogP contribution in [0.4, 0.5) is 11.4 Å². The lowest BCUT2D eigenvalue weighted by molar-refractivity contribution is 0.103. The maximum atomic E-state index is 12.7. The van der Waals surface area contributed by atoms with Gasteiger partial charge < -0.3 is 15.8 Å². The molecule has 0 saturated carbocycles. The summed E-state index contributed by atoms with van der Waals surface area (Å²) in [6.07, 6.45) is 2.08. The third kappa shape index (κ3) is 3.80. The zero-order valence-electron chi connectivity index (χ0n) is 15.3. The Morgan fingerprint density at radius 1 is 1.31 bits per heavy atom. The number of thiophene rings is 1. The summed E-state index contributed by atoms with van der Waals surface area (Å²) in [4.78, 5) is 18.5. The molecule has 0 saturated heterocycles. The van der Waals surface area contributed by atoms with Gasteiger partial charge in [-0.25, -0.2) is 4.98 Å². The number of nitrogens with zero attached hydrogens (tertiary/aromatic N) is 1. The van der Waals surface area contributed by atoms with Crippen LogP contribution < -0.4 is 15.8 Å². The van der Waals surface area contributed by atoms with Gasteiger partial charge in [-0.1, -0.05) is 19.4 Å². The standard InChI is InChI=1S/C20H23N3O2S/c1-4-5-9-25-15-8-6-7-14(11-15)23-19(24)18-17(21)16-12(2)10-13(3)22-20(16)26-18/h6-8,10-11H,4-5,9,21H2,1-3H3,(H,23,24). The van der Waals surface area contributed by atoms with Gasteiger partial charge in [0, 0.05) is 22.8 Å². The lowest BCUT2D eigenvalue weighted by Crippen LogP contribution is -2.12. The van der Waals surface area contributed by atoms with Crippen molar-refractivity contribution in [3.05, 3.63) is 46.5 Å². The number of amides is 1. The largest absolute Gasteiger partial charge is 0.494 e. The number of nitrogen functional groups attached to an aromatic ring is 1. The molecular weight excluding hydrogens is 346 g/mol. The Labute approximate surface area is 157 Å². The van der Waals surface area contributed by atoms with Crippen molar-refractivity contribution in [2.24, 2.45) is 0 Å². The number of carbonyl (C=O) groups excluding carboxylic acids is 1. The summed E-state index contributed by atoms with van der Waals surface area (Å²) >= 11 is 1.32. The van der Waals surface area contributed by atoms with E-state index in [0.717, 1.165) is 40.1 Å². The van der Waals surface area contributed by atoms with Crippen molar-refractivity contribution in [3.8, 4) is 5.75 Å². The van der Waals surface area contributed by atoms with Gasteiger partial charge in [0.15, 0.2) is 0 Å². The monoisotopic (exact) mass is 369 g/mol. The first kappa shape index (κ1) is 18.2. The highest BCUT2D eigenvalue weighted by atomic mass is 32.1. The van der Waals surface area contributed by atoms with Crippen molar-refractivity contribution in [2.45, 2.75) is 33.6 Å². The fourth-order valence-corrected chi connectivity index (χ4v) is 3.94. The summed E-state index contributed by atoms with van der Waals surface area (Å²) < 4.78 is 5.69. The predicted octanol–water partition coefficient (Wildman–Crippen LogP) is 4.93. The number of unbranched alkanes of at least 4 members (excludes halogenated alkanes) is 1. The number of fused-ring (bicyclic) bond motifs is 1.